The summed E-state index contributed by atoms with van der Waals surface area (Å²) in [5, 5.41) is 3.90. The first-order chi connectivity index (χ1) is 14.2. The average Bonchev–Trinajstić information content (AvgIpc) is 3.16. The summed E-state index contributed by atoms with van der Waals surface area (Å²) >= 11 is 1.23. The summed E-state index contributed by atoms with van der Waals surface area (Å²) < 4.78 is 7.88. The van der Waals surface area contributed by atoms with Crippen molar-refractivity contribution in [1.29, 1.82) is 0 Å². The van der Waals surface area contributed by atoms with Crippen molar-refractivity contribution < 1.29 is 9.53 Å². The van der Waals surface area contributed by atoms with Crippen LogP contribution in [0.2, 0.25) is 0 Å². The number of terminal acetylenes is 1. The Kier molecular flexibility index (Phi) is 5.02. The van der Waals surface area contributed by atoms with Gasteiger partial charge in [-0.05, 0) is 18.2 Å². The maximum Gasteiger partial charge on any atom is 0.265 e. The molecule has 1 aromatic carbocycles. The average molecular weight is 403 g/mol. The van der Waals surface area contributed by atoms with Crippen LogP contribution in [0, 0.1) is 12.3 Å². The van der Waals surface area contributed by atoms with Crippen LogP contribution < -0.4 is 15.6 Å². The highest BCUT2D eigenvalue weighted by atomic mass is 32.1. The number of fused-ring (bicyclic) bond motifs is 3. The summed E-state index contributed by atoms with van der Waals surface area (Å²) in [6.07, 6.45) is 6.94. The highest BCUT2D eigenvalue weighted by Crippen LogP contribution is 2.39. The molecule has 1 amide bonds. The first-order valence-corrected chi connectivity index (χ1v) is 9.71. The van der Waals surface area contributed by atoms with Crippen molar-refractivity contribution >= 4 is 38.2 Å². The van der Waals surface area contributed by atoms with Crippen LogP contribution >= 0.6 is 11.3 Å². The molecule has 4 aromatic rings. The van der Waals surface area contributed by atoms with Gasteiger partial charge in [-0.3, -0.25) is 14.6 Å². The molecule has 0 unspecified atom stereocenters. The second-order valence-corrected chi connectivity index (χ2v) is 7.31. The van der Waals surface area contributed by atoms with Crippen molar-refractivity contribution in [2.45, 2.75) is 6.54 Å². The SMILES string of the molecule is C#CCNC(=O)c1sc2c(c1OC)c(=O)n(Cc1ccccn1)c1ccccc21. The molecule has 4 rings (SSSR count). The van der Waals surface area contributed by atoms with Crippen LogP contribution in [-0.4, -0.2) is 29.1 Å². The van der Waals surface area contributed by atoms with Crippen molar-refractivity contribution in [3.63, 3.8) is 0 Å². The van der Waals surface area contributed by atoms with Gasteiger partial charge >= 0.3 is 0 Å². The van der Waals surface area contributed by atoms with E-state index in [1.165, 1.54) is 18.4 Å². The third-order valence-corrected chi connectivity index (χ3v) is 5.77. The zero-order valence-electron chi connectivity index (χ0n) is 15.6. The summed E-state index contributed by atoms with van der Waals surface area (Å²) in [7, 11) is 1.46. The van der Waals surface area contributed by atoms with Crippen molar-refractivity contribution in [1.82, 2.24) is 14.9 Å². The molecule has 6 nitrogen and oxygen atoms in total. The number of hydrogen-bond acceptors (Lipinski definition) is 5. The number of amides is 1. The number of carbonyl (C=O) groups is 1. The summed E-state index contributed by atoms with van der Waals surface area (Å²) in [4.78, 5) is 30.7. The molecule has 0 aliphatic rings. The molecule has 144 valence electrons. The van der Waals surface area contributed by atoms with Gasteiger partial charge in [0.05, 0.1) is 36.1 Å². The molecule has 0 atom stereocenters. The Balaban J connectivity index is 2.02. The number of nitrogens with zero attached hydrogens (tertiary/aromatic N) is 2. The lowest BCUT2D eigenvalue weighted by Crippen LogP contribution is -2.23. The fraction of sp³-hybridized carbons (Fsp3) is 0.136. The molecule has 29 heavy (non-hydrogen) atoms. The number of thiophene rings is 1. The maximum absolute atomic E-state index is 13.5. The van der Waals surface area contributed by atoms with E-state index in [1.54, 1.807) is 10.8 Å². The minimum absolute atomic E-state index is 0.0981. The Morgan fingerprint density at radius 1 is 1.28 bits per heavy atom. The Bertz CT molecular complexity index is 1320. The third-order valence-electron chi connectivity index (χ3n) is 4.57. The predicted octanol–water partition coefficient (Wildman–Crippen LogP) is 3.03. The second-order valence-electron chi connectivity index (χ2n) is 6.28. The summed E-state index contributed by atoms with van der Waals surface area (Å²) in [6, 6.07) is 13.2. The van der Waals surface area contributed by atoms with Crippen LogP contribution in [0.5, 0.6) is 5.75 Å². The van der Waals surface area contributed by atoms with Crippen LogP contribution in [0.1, 0.15) is 15.4 Å². The first-order valence-electron chi connectivity index (χ1n) is 8.89. The zero-order valence-corrected chi connectivity index (χ0v) is 16.5. The van der Waals surface area contributed by atoms with E-state index in [-0.39, 0.29) is 23.8 Å². The van der Waals surface area contributed by atoms with E-state index in [0.29, 0.717) is 21.5 Å². The van der Waals surface area contributed by atoms with E-state index < -0.39 is 0 Å². The molecule has 0 saturated heterocycles. The Morgan fingerprint density at radius 3 is 2.79 bits per heavy atom. The predicted molar refractivity (Wildman–Crippen MR) is 115 cm³/mol. The first kappa shape index (κ1) is 18.7. The minimum atomic E-state index is -0.360. The van der Waals surface area contributed by atoms with E-state index in [4.69, 9.17) is 11.2 Å². The molecule has 0 spiro atoms. The van der Waals surface area contributed by atoms with Gasteiger partial charge in [-0.15, -0.1) is 17.8 Å². The molecule has 3 aromatic heterocycles. The number of hydrogen-bond donors (Lipinski definition) is 1. The summed E-state index contributed by atoms with van der Waals surface area (Å²) in [6.45, 7) is 0.411. The molecule has 0 aliphatic carbocycles. The van der Waals surface area contributed by atoms with Crippen LogP contribution in [-0.2, 0) is 6.54 Å². The number of para-hydroxylation sites is 1. The van der Waals surface area contributed by atoms with E-state index in [2.05, 4.69) is 16.2 Å². The molecule has 3 heterocycles. The lowest BCUT2D eigenvalue weighted by atomic mass is 10.1. The quantitative estimate of drug-likeness (QED) is 0.520. The summed E-state index contributed by atoms with van der Waals surface area (Å²) in [5.41, 5.74) is 1.31. The van der Waals surface area contributed by atoms with Gasteiger partial charge in [-0.25, -0.2) is 0 Å². The largest absolute Gasteiger partial charge is 0.494 e. The number of aromatic nitrogens is 2. The summed E-state index contributed by atoms with van der Waals surface area (Å²) in [5.74, 6) is 2.28. The molecule has 0 saturated carbocycles. The highest BCUT2D eigenvalue weighted by molar-refractivity contribution is 7.22. The normalized spacial score (nSPS) is 10.8. The number of benzene rings is 1. The topological polar surface area (TPSA) is 73.2 Å². The maximum atomic E-state index is 13.5. The minimum Gasteiger partial charge on any atom is -0.494 e. The van der Waals surface area contributed by atoms with Crippen molar-refractivity contribution in [3.8, 4) is 18.1 Å². The van der Waals surface area contributed by atoms with Crippen LogP contribution in [0.3, 0.4) is 0 Å². The number of carbonyl (C=O) groups excluding carboxylic acids is 1. The van der Waals surface area contributed by atoms with E-state index in [0.717, 1.165) is 16.6 Å². The fourth-order valence-corrected chi connectivity index (χ4v) is 4.52. The number of pyridine rings is 2. The van der Waals surface area contributed by atoms with E-state index in [9.17, 15) is 9.59 Å². The second kappa shape index (κ2) is 7.78. The van der Waals surface area contributed by atoms with Crippen molar-refractivity contribution in [3.05, 3.63) is 69.6 Å². The molecule has 0 radical (unpaired) electrons. The van der Waals surface area contributed by atoms with Gasteiger partial charge in [-0.1, -0.05) is 30.2 Å². The van der Waals surface area contributed by atoms with Crippen LogP contribution in [0.4, 0.5) is 0 Å². The standard InChI is InChI=1S/C22H17N3O3S/c1-3-11-24-21(26)20-18(28-2)17-19(29-20)15-9-4-5-10-16(15)25(22(17)27)13-14-8-6-7-12-23-14/h1,4-10,12H,11,13H2,2H3,(H,24,26). The van der Waals surface area contributed by atoms with E-state index in [1.807, 2.05) is 42.5 Å². The van der Waals surface area contributed by atoms with Gasteiger partial charge in [-0.2, -0.15) is 0 Å². The van der Waals surface area contributed by atoms with Gasteiger partial charge in [0.2, 0.25) is 0 Å². The molecule has 0 fully saturated rings. The third kappa shape index (κ3) is 3.24. The number of methoxy groups -OCH3 is 1. The lowest BCUT2D eigenvalue weighted by molar-refractivity contribution is 0.0960. The fourth-order valence-electron chi connectivity index (χ4n) is 3.31. The molecule has 0 aliphatic heterocycles. The van der Waals surface area contributed by atoms with Gasteiger partial charge in [0, 0.05) is 11.6 Å². The Labute approximate surface area is 170 Å². The van der Waals surface area contributed by atoms with Gasteiger partial charge in [0.15, 0.2) is 5.75 Å². The zero-order chi connectivity index (χ0) is 20.4. The van der Waals surface area contributed by atoms with Crippen LogP contribution in [0.15, 0.2) is 53.5 Å². The molecular weight excluding hydrogens is 386 g/mol. The van der Waals surface area contributed by atoms with Gasteiger partial charge in [0.1, 0.15) is 10.3 Å². The molecular formula is C22H17N3O3S. The van der Waals surface area contributed by atoms with Crippen LogP contribution in [0.25, 0.3) is 21.0 Å². The molecule has 1 N–H and O–H groups in total. The van der Waals surface area contributed by atoms with E-state index >= 15 is 0 Å². The number of rotatable bonds is 5. The smallest absolute Gasteiger partial charge is 0.265 e. The number of ether oxygens (including phenoxy) is 1. The monoisotopic (exact) mass is 403 g/mol. The lowest BCUT2D eigenvalue weighted by Gasteiger charge is -2.11. The Morgan fingerprint density at radius 2 is 2.07 bits per heavy atom. The molecule has 0 bridgehead atoms. The Hall–Kier alpha value is -3.63. The van der Waals surface area contributed by atoms with Crippen molar-refractivity contribution in [2.24, 2.45) is 0 Å². The highest BCUT2D eigenvalue weighted by Gasteiger charge is 2.24. The molecule has 7 heteroatoms. The number of nitrogens with one attached hydrogen (secondary N) is 1. The van der Waals surface area contributed by atoms with Gasteiger partial charge in [0.25, 0.3) is 11.5 Å². The van der Waals surface area contributed by atoms with Crippen molar-refractivity contribution in [2.75, 3.05) is 13.7 Å². The van der Waals surface area contributed by atoms with Gasteiger partial charge < -0.3 is 14.6 Å².